The van der Waals surface area contributed by atoms with Crippen LogP contribution in [0.25, 0.3) is 0 Å². The fourth-order valence-corrected chi connectivity index (χ4v) is 7.30. The lowest BCUT2D eigenvalue weighted by Gasteiger charge is -2.30. The molecule has 2 aliphatic heterocycles. The zero-order chi connectivity index (χ0) is 51.0. The maximum absolute atomic E-state index is 14.4. The van der Waals surface area contributed by atoms with Gasteiger partial charge in [-0.3, -0.25) is 9.59 Å². The molecule has 4 atom stereocenters. The number of nitrogens with zero attached hydrogens (tertiary/aromatic N) is 8. The first-order chi connectivity index (χ1) is 32.4. The van der Waals surface area contributed by atoms with E-state index in [0.717, 1.165) is 20.8 Å². The Balaban J connectivity index is 0.000000444. The van der Waals surface area contributed by atoms with Crippen molar-refractivity contribution in [3.63, 3.8) is 0 Å². The van der Waals surface area contributed by atoms with Gasteiger partial charge < -0.3 is 34.9 Å². The molecule has 2 aromatic heterocycles. The first-order valence-corrected chi connectivity index (χ1v) is 21.3. The summed E-state index contributed by atoms with van der Waals surface area (Å²) >= 11 is 0. The van der Waals surface area contributed by atoms with Crippen LogP contribution in [0, 0.1) is 34.9 Å². The molecule has 0 saturated carbocycles. The molecule has 0 bridgehead atoms. The topological polar surface area (TPSA) is 210 Å². The van der Waals surface area contributed by atoms with E-state index in [1.54, 1.807) is 0 Å². The molecule has 0 fully saturated rings. The Bertz CT molecular complexity index is 2610. The van der Waals surface area contributed by atoms with E-state index >= 15 is 0 Å². The monoisotopic (exact) mass is 1050 g/mol. The zero-order valence-corrected chi connectivity index (χ0v) is 36.5. The van der Waals surface area contributed by atoms with E-state index in [9.17, 15) is 62.3 Å². The summed E-state index contributed by atoms with van der Waals surface area (Å²) in [6.07, 6.45) is -10.0. The third-order valence-electron chi connectivity index (χ3n) is 10.6. The summed E-state index contributed by atoms with van der Waals surface area (Å²) in [5, 5.41) is 23.7. The van der Waals surface area contributed by atoms with Crippen molar-refractivity contribution in [1.29, 1.82) is 0 Å². The largest absolute Gasteiger partial charge is 0.565 e. The highest BCUT2D eigenvalue weighted by Gasteiger charge is 2.41. The van der Waals surface area contributed by atoms with Gasteiger partial charge in [-0.05, 0) is 53.2 Å². The number of fused-ring (bicyclic) bond motifs is 2. The smallest absolute Gasteiger partial charge is 0.521 e. The molecule has 2 amide bonds. The molecule has 5 aromatic rings. The minimum Gasteiger partial charge on any atom is -0.565 e. The van der Waals surface area contributed by atoms with Gasteiger partial charge in [-0.1, -0.05) is 45.2 Å². The Morgan fingerprint density at radius 3 is 1.55 bits per heavy atom. The lowest BCUT2D eigenvalue weighted by atomic mass is 9.99. The summed E-state index contributed by atoms with van der Waals surface area (Å²) in [7, 11) is -3.04. The number of carbonyl (C=O) groups is 2. The molecule has 3 aromatic carbocycles. The highest BCUT2D eigenvalue weighted by atomic mass is 31.1. The van der Waals surface area contributed by atoms with E-state index < -0.39 is 91.1 Å². The number of nitrogens with two attached hydrogens (primary N) is 1. The quantitative estimate of drug-likeness (QED) is 0.0366. The van der Waals surface area contributed by atoms with Gasteiger partial charge in [-0.25, -0.2) is 31.6 Å². The van der Waals surface area contributed by atoms with Crippen molar-refractivity contribution in [2.24, 2.45) is 5.73 Å². The van der Waals surface area contributed by atoms with E-state index in [2.05, 4.69) is 30.4 Å². The maximum atomic E-state index is 14.4. The standard InChI is InChI=1S/C24H23F6N5O.C16H15F6N5O.2CH4.HO4P.H2/c1-14(15-5-3-2-4-6-15)31-17(9-16-10-19(26)20(27)12-18(16)25)11-22(36)34-7-8-35-21(13-34)32-33-23(35)24(28,29)30;17-10-6-12(19)11(18)4-8(10)3-9(23)5-14(28)26-1-2-27-13(7-26)24-25-15(27)16(20,21)22;;;1-4-5(2)3;/h2-6,10,12,14,17,31H,7-9,11,13H2,1H3;4,6,9H,1-3,5,7,23H2;2*1H4;1H;1H/t14-,17+;9-;;;;/m01..../s1. The van der Waals surface area contributed by atoms with E-state index in [1.165, 1.54) is 9.80 Å². The lowest BCUT2D eigenvalue weighted by Crippen LogP contribution is -2.43. The number of nitrogens with one attached hydrogen (secondary N) is 1. The predicted molar refractivity (Wildman–Crippen MR) is 227 cm³/mol. The number of alkyl halides is 6. The van der Waals surface area contributed by atoms with Crippen LogP contribution in [0.15, 0.2) is 54.6 Å². The predicted octanol–water partition coefficient (Wildman–Crippen LogP) is 7.44. The van der Waals surface area contributed by atoms with Gasteiger partial charge in [-0.2, -0.15) is 26.3 Å². The van der Waals surface area contributed by atoms with Gasteiger partial charge in [-0.15, -0.1) is 20.4 Å². The van der Waals surface area contributed by atoms with Gasteiger partial charge in [0.25, 0.3) is 0 Å². The van der Waals surface area contributed by atoms with Crippen molar-refractivity contribution in [1.82, 2.24) is 44.6 Å². The SMILES string of the molecule is C.C.C[C@H](N[C@@H](CC(=O)N1CCn2c(nnc2C(F)(F)F)C1)Cc1cc(F)c(F)cc1F)c1ccccc1.N[C@@H](CC(=O)N1CCn2c(nnc2C(F)(F)F)C1)Cc1cc(F)c(F)cc1F.O=[P+]([O-])OO.[HH]. The number of carbonyl (C=O) groups excluding carboxylic acids is 2. The third kappa shape index (κ3) is 16.0. The second-order valence-electron chi connectivity index (χ2n) is 15.4. The summed E-state index contributed by atoms with van der Waals surface area (Å²) in [5.41, 5.74) is 6.43. The van der Waals surface area contributed by atoms with Crippen molar-refractivity contribution >= 4 is 20.1 Å². The van der Waals surface area contributed by atoms with Crippen molar-refractivity contribution in [2.45, 2.75) is 104 Å². The van der Waals surface area contributed by atoms with Crippen molar-refractivity contribution in [2.75, 3.05) is 13.1 Å². The number of aromatic nitrogens is 6. The molecule has 1 unspecified atom stereocenters. The molecule has 0 radical (unpaired) electrons. The first kappa shape index (κ1) is 59.2. The van der Waals surface area contributed by atoms with Crippen LogP contribution in [0.4, 0.5) is 52.7 Å². The minimum atomic E-state index is -4.66. The zero-order valence-electron chi connectivity index (χ0n) is 35.6. The Kier molecular flexibility index (Phi) is 21.2. The van der Waals surface area contributed by atoms with Crippen LogP contribution in [0.3, 0.4) is 0 Å². The summed E-state index contributed by atoms with van der Waals surface area (Å²) in [6, 6.07) is 9.70. The van der Waals surface area contributed by atoms with Gasteiger partial charge >= 0.3 is 20.6 Å². The number of hydrogen-bond acceptors (Lipinski definition) is 12. The second kappa shape index (κ2) is 25.4. The van der Waals surface area contributed by atoms with Crippen LogP contribution in [0.2, 0.25) is 0 Å². The fourth-order valence-electron chi connectivity index (χ4n) is 7.30. The average Bonchev–Trinajstić information content (AvgIpc) is 3.93. The van der Waals surface area contributed by atoms with Gasteiger partial charge in [0.15, 0.2) is 34.9 Å². The van der Waals surface area contributed by atoms with Crippen molar-refractivity contribution < 1.29 is 83.1 Å². The molecular weight excluding hydrogens is 999 g/mol. The minimum absolute atomic E-state index is 0. The van der Waals surface area contributed by atoms with Gasteiger partial charge in [0.2, 0.25) is 23.5 Å². The van der Waals surface area contributed by atoms with E-state index in [4.69, 9.17) is 20.4 Å². The van der Waals surface area contributed by atoms with Gasteiger partial charge in [0.05, 0.1) is 13.1 Å². The van der Waals surface area contributed by atoms with E-state index in [1.807, 2.05) is 37.3 Å². The Hall–Kier alpha value is -6.06. The van der Waals surface area contributed by atoms with E-state index in [0.29, 0.717) is 18.2 Å². The fraction of sp³-hybridized carbons (Fsp3) is 0.429. The van der Waals surface area contributed by atoms with Crippen molar-refractivity contribution in [3.05, 3.63) is 129 Å². The Labute approximate surface area is 399 Å². The molecule has 16 nitrogen and oxygen atoms in total. The number of rotatable bonds is 12. The Morgan fingerprint density at radius 1 is 0.718 bits per heavy atom. The first-order valence-electron chi connectivity index (χ1n) is 20.2. The van der Waals surface area contributed by atoms with Crippen LogP contribution < -0.4 is 15.9 Å². The molecule has 7 rings (SSSR count). The molecule has 4 heterocycles. The number of amides is 2. The van der Waals surface area contributed by atoms with Crippen molar-refractivity contribution in [3.8, 4) is 0 Å². The molecule has 0 saturated heterocycles. The molecular formula is C42H49F12N10O6P. The van der Waals surface area contributed by atoms with Gasteiger partial charge in [0, 0.05) is 75.4 Å². The summed E-state index contributed by atoms with van der Waals surface area (Å²) in [6.45, 7) is 1.26. The molecule has 29 heteroatoms. The molecule has 4 N–H and O–H groups in total. The molecule has 2 aliphatic rings. The highest BCUT2D eigenvalue weighted by Crippen LogP contribution is 2.31. The van der Waals surface area contributed by atoms with Crippen LogP contribution in [-0.2, 0) is 70.2 Å². The summed E-state index contributed by atoms with van der Waals surface area (Å²) < 4.78 is 173. The lowest BCUT2D eigenvalue weighted by molar-refractivity contribution is -0.244. The number of benzene rings is 3. The number of hydrogen-bond donors (Lipinski definition) is 3. The van der Waals surface area contributed by atoms with Crippen LogP contribution in [0.5, 0.6) is 0 Å². The summed E-state index contributed by atoms with van der Waals surface area (Å²) in [4.78, 5) is 37.0. The third-order valence-corrected chi connectivity index (χ3v) is 10.7. The maximum Gasteiger partial charge on any atom is 0.521 e. The molecule has 0 spiro atoms. The summed E-state index contributed by atoms with van der Waals surface area (Å²) in [5.74, 6) is -10.1. The van der Waals surface area contributed by atoms with Crippen LogP contribution in [0.1, 0.15) is 82.1 Å². The van der Waals surface area contributed by atoms with E-state index in [-0.39, 0.29) is 110 Å². The molecule has 392 valence electrons. The second-order valence-corrected chi connectivity index (χ2v) is 16.0. The normalized spacial score (nSPS) is 14.7. The Morgan fingerprint density at radius 2 is 1.13 bits per heavy atom. The van der Waals surface area contributed by atoms with Gasteiger partial charge in [0.1, 0.15) is 11.6 Å². The average molecular weight is 1050 g/mol. The number of halogens is 12. The highest BCUT2D eigenvalue weighted by molar-refractivity contribution is 7.30. The molecule has 0 aliphatic carbocycles. The van der Waals surface area contributed by atoms with Crippen LogP contribution >= 0.6 is 8.25 Å². The molecule has 71 heavy (non-hydrogen) atoms. The van der Waals surface area contributed by atoms with Crippen LogP contribution in [-0.4, -0.2) is 81.6 Å².